The van der Waals surface area contributed by atoms with Crippen LogP contribution in [0.3, 0.4) is 0 Å². The lowest BCUT2D eigenvalue weighted by Gasteiger charge is -2.09. The largest absolute Gasteiger partial charge is 1.00 e. The number of benzene rings is 2. The van der Waals surface area contributed by atoms with Crippen molar-refractivity contribution < 1.29 is 22.1 Å². The van der Waals surface area contributed by atoms with E-state index in [0.29, 0.717) is 0 Å². The molecule has 2 aromatic rings. The molecule has 0 bridgehead atoms. The summed E-state index contributed by atoms with van der Waals surface area (Å²) in [6, 6.07) is 19.4. The molecule has 0 aliphatic heterocycles. The number of nitrogens with one attached hydrogen (secondary N) is 1. The maximum atomic E-state index is 11.1. The van der Waals surface area contributed by atoms with Gasteiger partial charge in [0.05, 0.1) is 0 Å². The summed E-state index contributed by atoms with van der Waals surface area (Å²) in [7, 11) is 0. The summed E-state index contributed by atoms with van der Waals surface area (Å²) in [6.45, 7) is 0. The number of quaternary nitrogens is 1. The molecule has 0 radical (unpaired) electrons. The highest BCUT2D eigenvalue weighted by molar-refractivity contribution is 5.51. The molecule has 0 unspecified atom stereocenters. The standard InChI is InChI=1S/C13H11NO.ClH/c15-11-14(12-7-3-1-4-8-12)13-9-5-2-6-10-13;/h1-11H;1H. The summed E-state index contributed by atoms with van der Waals surface area (Å²) >= 11 is 0. The molecule has 2 aromatic carbocycles. The Morgan fingerprint density at radius 2 is 1.12 bits per heavy atom. The Labute approximate surface area is 101 Å². The molecule has 0 atom stereocenters. The maximum absolute atomic E-state index is 11.1. The molecular formula is C13H12ClNO. The second-order valence-corrected chi connectivity index (χ2v) is 3.26. The first kappa shape index (κ1) is 12.4. The molecule has 0 aliphatic rings. The maximum Gasteiger partial charge on any atom is 0.309 e. The topological polar surface area (TPSA) is 21.5 Å². The van der Waals surface area contributed by atoms with Crippen LogP contribution in [0.25, 0.3) is 0 Å². The third kappa shape index (κ3) is 2.69. The van der Waals surface area contributed by atoms with Crippen LogP contribution in [0, 0.1) is 0 Å². The molecule has 1 N–H and O–H groups in total. The van der Waals surface area contributed by atoms with Gasteiger partial charge in [0, 0.05) is 0 Å². The summed E-state index contributed by atoms with van der Waals surface area (Å²) in [5.74, 6) is 0. The number of para-hydroxylation sites is 2. The first-order valence-corrected chi connectivity index (χ1v) is 4.85. The molecule has 3 heteroatoms. The van der Waals surface area contributed by atoms with Gasteiger partial charge in [-0.3, -0.25) is 0 Å². The zero-order valence-electron chi connectivity index (χ0n) is 8.64. The highest BCUT2D eigenvalue weighted by Crippen LogP contribution is 2.05. The zero-order chi connectivity index (χ0) is 10.5. The summed E-state index contributed by atoms with van der Waals surface area (Å²) < 4.78 is 0. The van der Waals surface area contributed by atoms with Crippen molar-refractivity contribution in [2.45, 2.75) is 0 Å². The Morgan fingerprint density at radius 1 is 0.750 bits per heavy atom. The fraction of sp³-hybridized carbons (Fsp3) is 0. The second kappa shape index (κ2) is 6.05. The normalized spacial score (nSPS) is 9.56. The molecule has 0 fully saturated rings. The van der Waals surface area contributed by atoms with E-state index >= 15 is 0 Å². The SMILES string of the molecule is O=C[NH+](c1ccccc1)c1ccccc1.[Cl-]. The third-order valence-electron chi connectivity index (χ3n) is 2.29. The minimum atomic E-state index is 0. The Hall–Kier alpha value is -1.64. The highest BCUT2D eigenvalue weighted by Gasteiger charge is 2.12. The molecule has 0 aliphatic carbocycles. The predicted octanol–water partition coefficient (Wildman–Crippen LogP) is -1.30. The summed E-state index contributed by atoms with van der Waals surface area (Å²) in [4.78, 5) is 11.8. The predicted molar refractivity (Wildman–Crippen MR) is 59.2 cm³/mol. The second-order valence-electron chi connectivity index (χ2n) is 3.26. The Kier molecular flexibility index (Phi) is 4.70. The van der Waals surface area contributed by atoms with Crippen molar-refractivity contribution in [1.29, 1.82) is 0 Å². The van der Waals surface area contributed by atoms with Gasteiger partial charge in [-0.15, -0.1) is 0 Å². The molecule has 82 valence electrons. The number of carbonyl (C=O) groups is 1. The highest BCUT2D eigenvalue weighted by atomic mass is 35.5. The molecule has 0 saturated heterocycles. The van der Waals surface area contributed by atoms with Gasteiger partial charge in [0.25, 0.3) is 0 Å². The molecule has 0 aromatic heterocycles. The fourth-order valence-corrected chi connectivity index (χ4v) is 1.54. The summed E-state index contributed by atoms with van der Waals surface area (Å²) in [6.07, 6.45) is 0.907. The van der Waals surface area contributed by atoms with Crippen molar-refractivity contribution in [3.63, 3.8) is 0 Å². The van der Waals surface area contributed by atoms with Crippen LogP contribution in [0.5, 0.6) is 0 Å². The van der Waals surface area contributed by atoms with Gasteiger partial charge in [-0.25, -0.2) is 9.69 Å². The first-order valence-electron chi connectivity index (χ1n) is 4.85. The van der Waals surface area contributed by atoms with Gasteiger partial charge in [-0.1, -0.05) is 36.4 Å². The number of carbonyl (C=O) groups excluding carboxylic acids is 1. The Bertz CT molecular complexity index is 391. The third-order valence-corrected chi connectivity index (χ3v) is 2.29. The monoisotopic (exact) mass is 233 g/mol. The summed E-state index contributed by atoms with van der Waals surface area (Å²) in [5.41, 5.74) is 1.91. The lowest BCUT2D eigenvalue weighted by molar-refractivity contribution is -0.660. The zero-order valence-corrected chi connectivity index (χ0v) is 9.39. The van der Waals surface area contributed by atoms with Gasteiger partial charge >= 0.3 is 6.41 Å². The lowest BCUT2D eigenvalue weighted by atomic mass is 10.2. The van der Waals surface area contributed by atoms with Crippen LogP contribution in [-0.2, 0) is 4.79 Å². The lowest BCUT2D eigenvalue weighted by Crippen LogP contribution is -3.01. The number of hydrogen-bond donors (Lipinski definition) is 1. The molecule has 0 saturated carbocycles. The van der Waals surface area contributed by atoms with Crippen LogP contribution >= 0.6 is 0 Å². The summed E-state index contributed by atoms with van der Waals surface area (Å²) in [5, 5.41) is 0. The molecule has 16 heavy (non-hydrogen) atoms. The number of amides is 1. The van der Waals surface area contributed by atoms with Gasteiger partial charge in [0.15, 0.2) is 0 Å². The molecule has 0 spiro atoms. The number of hydrogen-bond acceptors (Lipinski definition) is 1. The van der Waals surface area contributed by atoms with Gasteiger partial charge in [-0.2, -0.15) is 0 Å². The van der Waals surface area contributed by atoms with E-state index in [-0.39, 0.29) is 12.4 Å². The van der Waals surface area contributed by atoms with E-state index in [2.05, 4.69) is 0 Å². The van der Waals surface area contributed by atoms with Crippen molar-refractivity contribution in [2.24, 2.45) is 0 Å². The quantitative estimate of drug-likeness (QED) is 0.654. The van der Waals surface area contributed by atoms with Gasteiger partial charge < -0.3 is 12.4 Å². The van der Waals surface area contributed by atoms with Crippen molar-refractivity contribution in [3.05, 3.63) is 60.7 Å². The van der Waals surface area contributed by atoms with Crippen LogP contribution in [0.2, 0.25) is 0 Å². The fourth-order valence-electron chi connectivity index (χ4n) is 1.54. The van der Waals surface area contributed by atoms with Crippen LogP contribution in [0.1, 0.15) is 0 Å². The minimum absolute atomic E-state index is 0. The van der Waals surface area contributed by atoms with Crippen LogP contribution in [-0.4, -0.2) is 6.41 Å². The molecular weight excluding hydrogens is 222 g/mol. The number of rotatable bonds is 3. The van der Waals surface area contributed by atoms with E-state index in [1.54, 1.807) is 0 Å². The molecule has 1 amide bonds. The molecule has 2 nitrogen and oxygen atoms in total. The van der Waals surface area contributed by atoms with E-state index in [1.165, 1.54) is 0 Å². The average molecular weight is 234 g/mol. The number of halogens is 1. The molecule has 2 rings (SSSR count). The average Bonchev–Trinajstić information content (AvgIpc) is 2.33. The van der Waals surface area contributed by atoms with E-state index in [4.69, 9.17) is 0 Å². The van der Waals surface area contributed by atoms with E-state index in [0.717, 1.165) is 22.7 Å². The van der Waals surface area contributed by atoms with Crippen LogP contribution < -0.4 is 17.3 Å². The van der Waals surface area contributed by atoms with E-state index in [9.17, 15) is 4.79 Å². The van der Waals surface area contributed by atoms with Gasteiger partial charge in [-0.05, 0) is 24.3 Å². The van der Waals surface area contributed by atoms with Crippen LogP contribution in [0.15, 0.2) is 60.7 Å². The van der Waals surface area contributed by atoms with Crippen molar-refractivity contribution in [2.75, 3.05) is 0 Å². The van der Waals surface area contributed by atoms with Crippen molar-refractivity contribution in [3.8, 4) is 0 Å². The smallest absolute Gasteiger partial charge is 0.309 e. The van der Waals surface area contributed by atoms with E-state index < -0.39 is 0 Å². The van der Waals surface area contributed by atoms with Gasteiger partial charge in [0.1, 0.15) is 11.4 Å². The van der Waals surface area contributed by atoms with E-state index in [1.807, 2.05) is 60.7 Å². The van der Waals surface area contributed by atoms with Crippen molar-refractivity contribution in [1.82, 2.24) is 0 Å². The Balaban J connectivity index is 0.00000128. The molecule has 0 heterocycles. The first-order chi connectivity index (χ1) is 7.42. The van der Waals surface area contributed by atoms with Crippen LogP contribution in [0.4, 0.5) is 11.4 Å². The van der Waals surface area contributed by atoms with Gasteiger partial charge in [0.2, 0.25) is 0 Å². The Morgan fingerprint density at radius 3 is 1.44 bits per heavy atom. The van der Waals surface area contributed by atoms with Crippen molar-refractivity contribution >= 4 is 17.8 Å². The minimum Gasteiger partial charge on any atom is -1.00 e.